The zero-order valence-corrected chi connectivity index (χ0v) is 7.68. The summed E-state index contributed by atoms with van der Waals surface area (Å²) in [5, 5.41) is 9.29. The summed E-state index contributed by atoms with van der Waals surface area (Å²) in [6.07, 6.45) is 5.67. The molecule has 1 heteroatoms. The Hall–Kier alpha value is -0.980. The molecule has 0 fully saturated rings. The first-order valence-corrected chi connectivity index (χ1v) is 3.75. The highest BCUT2D eigenvalue weighted by molar-refractivity contribution is 5.26. The molecule has 0 aromatic carbocycles. The van der Waals surface area contributed by atoms with E-state index in [1.54, 1.807) is 6.08 Å². The Bertz CT molecular complexity index is 203. The molecule has 1 nitrogen and oxygen atoms in total. The minimum atomic E-state index is 0.362. The number of aliphatic hydroxyl groups is 1. The van der Waals surface area contributed by atoms with Gasteiger partial charge in [-0.15, -0.1) is 0 Å². The summed E-state index contributed by atoms with van der Waals surface area (Å²) in [6, 6.07) is 0. The third-order valence-electron chi connectivity index (χ3n) is 1.31. The van der Waals surface area contributed by atoms with Gasteiger partial charge in [0.15, 0.2) is 0 Å². The zero-order chi connectivity index (χ0) is 8.85. The van der Waals surface area contributed by atoms with Crippen molar-refractivity contribution in [3.8, 4) is 0 Å². The molecule has 0 bridgehead atoms. The normalized spacial score (nSPS) is 12.2. The van der Waals surface area contributed by atoms with Crippen LogP contribution in [0.1, 0.15) is 27.7 Å². The molecule has 11 heavy (non-hydrogen) atoms. The predicted octanol–water partition coefficient (Wildman–Crippen LogP) is 3.36. The van der Waals surface area contributed by atoms with Gasteiger partial charge in [-0.1, -0.05) is 12.2 Å². The van der Waals surface area contributed by atoms with Crippen LogP contribution in [0.5, 0.6) is 0 Å². The predicted molar refractivity (Wildman–Crippen MR) is 49.6 cm³/mol. The Labute approximate surface area is 68.7 Å². The van der Waals surface area contributed by atoms with Crippen molar-refractivity contribution < 1.29 is 5.11 Å². The lowest BCUT2D eigenvalue weighted by Crippen LogP contribution is -1.80. The molecule has 0 saturated heterocycles. The molecule has 0 spiro atoms. The van der Waals surface area contributed by atoms with Crippen molar-refractivity contribution in [2.24, 2.45) is 0 Å². The number of hydrogen-bond donors (Lipinski definition) is 1. The van der Waals surface area contributed by atoms with Crippen LogP contribution in [-0.4, -0.2) is 5.11 Å². The fraction of sp³-hybridized carbons (Fsp3) is 0.400. The highest BCUT2D eigenvalue weighted by Gasteiger charge is 1.89. The van der Waals surface area contributed by atoms with E-state index in [-0.39, 0.29) is 0 Å². The van der Waals surface area contributed by atoms with Crippen LogP contribution in [-0.2, 0) is 0 Å². The van der Waals surface area contributed by atoms with Crippen molar-refractivity contribution >= 4 is 0 Å². The summed E-state index contributed by atoms with van der Waals surface area (Å²) in [5.41, 5.74) is 2.00. The topological polar surface area (TPSA) is 20.2 Å². The van der Waals surface area contributed by atoms with Crippen molar-refractivity contribution in [1.82, 2.24) is 0 Å². The highest BCUT2D eigenvalue weighted by atomic mass is 16.3. The first kappa shape index (κ1) is 10.0. The standard InChI is InChI=1S/C10H16O/c1-5-6-9(4)7-10(11)8(2)3/h5-7,11H,1-4H3/b6-5+,9-7-. The van der Waals surface area contributed by atoms with Crippen molar-refractivity contribution in [3.63, 3.8) is 0 Å². The number of rotatable bonds is 2. The van der Waals surface area contributed by atoms with Gasteiger partial charge in [0.25, 0.3) is 0 Å². The second kappa shape index (κ2) is 4.78. The number of hydrogen-bond acceptors (Lipinski definition) is 1. The van der Waals surface area contributed by atoms with E-state index in [9.17, 15) is 5.11 Å². The highest BCUT2D eigenvalue weighted by Crippen LogP contribution is 2.05. The van der Waals surface area contributed by atoms with E-state index in [2.05, 4.69) is 0 Å². The Balaban J connectivity index is 4.44. The molecule has 0 aliphatic rings. The molecular formula is C10H16O. The van der Waals surface area contributed by atoms with Gasteiger partial charge in [0.1, 0.15) is 5.76 Å². The first-order chi connectivity index (χ1) is 5.07. The Kier molecular flexibility index (Phi) is 4.35. The van der Waals surface area contributed by atoms with Crippen LogP contribution < -0.4 is 0 Å². The van der Waals surface area contributed by atoms with Gasteiger partial charge in [0, 0.05) is 0 Å². The lowest BCUT2D eigenvalue weighted by Gasteiger charge is -1.95. The van der Waals surface area contributed by atoms with Gasteiger partial charge in [-0.2, -0.15) is 0 Å². The number of allylic oxidation sites excluding steroid dienone is 5. The molecule has 0 amide bonds. The molecule has 0 aliphatic carbocycles. The molecule has 1 N–H and O–H groups in total. The SMILES string of the molecule is C/C=C/C(C)=C\C(O)=C(C)C. The second-order valence-corrected chi connectivity index (χ2v) is 2.77. The lowest BCUT2D eigenvalue weighted by atomic mass is 10.2. The summed E-state index contributed by atoms with van der Waals surface area (Å²) < 4.78 is 0. The van der Waals surface area contributed by atoms with Gasteiger partial charge in [0.2, 0.25) is 0 Å². The molecule has 0 aromatic rings. The molecule has 0 radical (unpaired) electrons. The van der Waals surface area contributed by atoms with Gasteiger partial charge in [-0.05, 0) is 44.9 Å². The molecular weight excluding hydrogens is 136 g/mol. The molecule has 0 aliphatic heterocycles. The largest absolute Gasteiger partial charge is 0.508 e. The van der Waals surface area contributed by atoms with E-state index in [4.69, 9.17) is 0 Å². The maximum atomic E-state index is 9.29. The average molecular weight is 152 g/mol. The molecule has 0 atom stereocenters. The summed E-state index contributed by atoms with van der Waals surface area (Å²) in [6.45, 7) is 7.68. The number of aliphatic hydroxyl groups excluding tert-OH is 1. The average Bonchev–Trinajstić information content (AvgIpc) is 1.87. The van der Waals surface area contributed by atoms with Crippen molar-refractivity contribution in [3.05, 3.63) is 35.1 Å². The quantitative estimate of drug-likeness (QED) is 0.475. The van der Waals surface area contributed by atoms with Crippen LogP contribution >= 0.6 is 0 Å². The molecule has 0 aromatic heterocycles. The molecule has 0 saturated carbocycles. The van der Waals surface area contributed by atoms with Crippen molar-refractivity contribution in [2.45, 2.75) is 27.7 Å². The van der Waals surface area contributed by atoms with Gasteiger partial charge >= 0.3 is 0 Å². The fourth-order valence-electron chi connectivity index (χ4n) is 0.671. The first-order valence-electron chi connectivity index (χ1n) is 3.75. The second-order valence-electron chi connectivity index (χ2n) is 2.77. The van der Waals surface area contributed by atoms with Crippen molar-refractivity contribution in [2.75, 3.05) is 0 Å². The smallest absolute Gasteiger partial charge is 0.114 e. The van der Waals surface area contributed by atoms with E-state index in [0.29, 0.717) is 5.76 Å². The van der Waals surface area contributed by atoms with Crippen LogP contribution in [0.4, 0.5) is 0 Å². The Morgan fingerprint density at radius 2 is 1.73 bits per heavy atom. The minimum absolute atomic E-state index is 0.362. The maximum Gasteiger partial charge on any atom is 0.114 e. The van der Waals surface area contributed by atoms with Crippen LogP contribution in [0.15, 0.2) is 35.1 Å². The van der Waals surface area contributed by atoms with Crippen LogP contribution in [0.2, 0.25) is 0 Å². The van der Waals surface area contributed by atoms with Gasteiger partial charge in [0.05, 0.1) is 0 Å². The zero-order valence-electron chi connectivity index (χ0n) is 7.68. The van der Waals surface area contributed by atoms with E-state index in [0.717, 1.165) is 11.1 Å². The molecule has 62 valence electrons. The lowest BCUT2D eigenvalue weighted by molar-refractivity contribution is 0.425. The van der Waals surface area contributed by atoms with Crippen LogP contribution in [0.3, 0.4) is 0 Å². The van der Waals surface area contributed by atoms with Crippen LogP contribution in [0, 0.1) is 0 Å². The van der Waals surface area contributed by atoms with Gasteiger partial charge in [-0.25, -0.2) is 0 Å². The van der Waals surface area contributed by atoms with E-state index < -0.39 is 0 Å². The summed E-state index contributed by atoms with van der Waals surface area (Å²) in [7, 11) is 0. The van der Waals surface area contributed by atoms with E-state index >= 15 is 0 Å². The summed E-state index contributed by atoms with van der Waals surface area (Å²) >= 11 is 0. The van der Waals surface area contributed by atoms with Crippen LogP contribution in [0.25, 0.3) is 0 Å². The van der Waals surface area contributed by atoms with E-state index in [1.165, 1.54) is 0 Å². The third-order valence-corrected chi connectivity index (χ3v) is 1.31. The minimum Gasteiger partial charge on any atom is -0.508 e. The van der Waals surface area contributed by atoms with E-state index in [1.807, 2.05) is 39.8 Å². The fourth-order valence-corrected chi connectivity index (χ4v) is 0.671. The molecule has 0 rings (SSSR count). The Morgan fingerprint density at radius 1 is 1.18 bits per heavy atom. The third kappa shape index (κ3) is 4.43. The van der Waals surface area contributed by atoms with Crippen molar-refractivity contribution in [1.29, 1.82) is 0 Å². The summed E-state index contributed by atoms with van der Waals surface area (Å²) in [4.78, 5) is 0. The maximum absolute atomic E-state index is 9.29. The molecule has 0 unspecified atom stereocenters. The molecule has 0 heterocycles. The Morgan fingerprint density at radius 3 is 2.09 bits per heavy atom. The van der Waals surface area contributed by atoms with Gasteiger partial charge < -0.3 is 5.11 Å². The summed E-state index contributed by atoms with van der Waals surface area (Å²) in [5.74, 6) is 0.362. The van der Waals surface area contributed by atoms with Gasteiger partial charge in [-0.3, -0.25) is 0 Å². The monoisotopic (exact) mass is 152 g/mol.